The van der Waals surface area contributed by atoms with Gasteiger partial charge in [0, 0.05) is 19.0 Å². The van der Waals surface area contributed by atoms with Gasteiger partial charge in [0.05, 0.1) is 6.07 Å². The van der Waals surface area contributed by atoms with E-state index in [2.05, 4.69) is 6.07 Å². The number of nitrogens with zero attached hydrogens (tertiary/aromatic N) is 2. The lowest BCUT2D eigenvalue weighted by Gasteiger charge is -2.24. The Hall–Kier alpha value is -1.04. The Morgan fingerprint density at radius 1 is 1.40 bits per heavy atom. The zero-order chi connectivity index (χ0) is 7.40. The molecule has 10 heavy (non-hydrogen) atoms. The van der Waals surface area contributed by atoms with E-state index in [0.29, 0.717) is 13.1 Å². The molecule has 0 bridgehead atoms. The summed E-state index contributed by atoms with van der Waals surface area (Å²) >= 11 is 0. The van der Waals surface area contributed by atoms with Crippen LogP contribution in [-0.2, 0) is 4.79 Å². The van der Waals surface area contributed by atoms with Crippen molar-refractivity contribution in [2.45, 2.75) is 12.8 Å². The van der Waals surface area contributed by atoms with Crippen LogP contribution in [0.3, 0.4) is 0 Å². The number of likely N-dealkylation sites (tertiary alicyclic amines) is 1. The van der Waals surface area contributed by atoms with Gasteiger partial charge in [0.1, 0.15) is 0 Å². The van der Waals surface area contributed by atoms with Crippen molar-refractivity contribution in [2.75, 3.05) is 13.1 Å². The first-order valence-corrected chi connectivity index (χ1v) is 3.39. The second-order valence-corrected chi connectivity index (χ2v) is 2.48. The second-order valence-electron chi connectivity index (χ2n) is 2.48. The quantitative estimate of drug-likeness (QED) is 0.521. The van der Waals surface area contributed by atoms with Crippen molar-refractivity contribution in [2.24, 2.45) is 5.92 Å². The highest BCUT2D eigenvalue weighted by Gasteiger charge is 2.17. The highest BCUT2D eigenvalue weighted by molar-refractivity contribution is 5.48. The van der Waals surface area contributed by atoms with Crippen LogP contribution in [0.15, 0.2) is 0 Å². The molecule has 1 heterocycles. The monoisotopic (exact) mass is 137 g/mol. The Balaban J connectivity index is 2.32. The third kappa shape index (κ3) is 1.47. The maximum absolute atomic E-state index is 10.1. The second kappa shape index (κ2) is 3.21. The number of hydrogen-bond acceptors (Lipinski definition) is 2. The van der Waals surface area contributed by atoms with Crippen LogP contribution < -0.4 is 0 Å². The summed E-state index contributed by atoms with van der Waals surface area (Å²) in [6.07, 6.45) is 3.44. The maximum atomic E-state index is 10.1. The topological polar surface area (TPSA) is 44.1 Å². The largest absolute Gasteiger partial charge is 0.334 e. The van der Waals surface area contributed by atoms with E-state index >= 15 is 0 Å². The van der Waals surface area contributed by atoms with Gasteiger partial charge in [0.15, 0.2) is 0 Å². The summed E-state index contributed by atoms with van der Waals surface area (Å²) in [5.41, 5.74) is 0. The summed E-state index contributed by atoms with van der Waals surface area (Å²) < 4.78 is 0. The molecule has 1 rings (SSSR count). The number of carbonyl (C=O) groups excluding carboxylic acids is 1. The molecule has 0 N–H and O–H groups in total. The molecule has 0 aromatic rings. The molecule has 0 spiro atoms. The Bertz CT molecular complexity index is 153. The zero-order valence-electron chi connectivity index (χ0n) is 5.71. The van der Waals surface area contributed by atoms with Crippen LogP contribution >= 0.6 is 0 Å². The minimum Gasteiger partial charge on any atom is -0.334 e. The standard InChI is InChI=1S/C7H9N2O/c8-5-7-1-3-9(6-10)4-2-7/h7H,1-4H2. The number of piperidine rings is 1. The van der Waals surface area contributed by atoms with Gasteiger partial charge in [-0.2, -0.15) is 5.26 Å². The molecule has 1 amide bonds. The minimum atomic E-state index is 0.157. The van der Waals surface area contributed by atoms with Crippen molar-refractivity contribution in [1.29, 1.82) is 5.26 Å². The fourth-order valence-electron chi connectivity index (χ4n) is 1.10. The molecule has 1 aliphatic heterocycles. The molecule has 1 radical (unpaired) electrons. The van der Waals surface area contributed by atoms with Gasteiger partial charge in [-0.05, 0) is 12.8 Å². The van der Waals surface area contributed by atoms with Crippen molar-refractivity contribution in [3.8, 4) is 6.07 Å². The molecule has 0 atom stereocenters. The average Bonchev–Trinajstić information content (AvgIpc) is 2.05. The molecular formula is C7H9N2O. The van der Waals surface area contributed by atoms with E-state index in [1.807, 2.05) is 6.41 Å². The fraction of sp³-hybridized carbons (Fsp3) is 0.714. The van der Waals surface area contributed by atoms with Crippen LogP contribution in [-0.4, -0.2) is 24.4 Å². The van der Waals surface area contributed by atoms with Gasteiger partial charge >= 0.3 is 6.41 Å². The zero-order valence-corrected chi connectivity index (χ0v) is 5.71. The minimum absolute atomic E-state index is 0.157. The van der Waals surface area contributed by atoms with Crippen LogP contribution in [0.25, 0.3) is 0 Å². The maximum Gasteiger partial charge on any atom is 0.312 e. The van der Waals surface area contributed by atoms with Crippen LogP contribution in [0, 0.1) is 17.2 Å². The van der Waals surface area contributed by atoms with E-state index in [9.17, 15) is 4.79 Å². The molecular weight excluding hydrogens is 128 g/mol. The number of nitriles is 1. The van der Waals surface area contributed by atoms with Gasteiger partial charge in [-0.25, -0.2) is 0 Å². The lowest BCUT2D eigenvalue weighted by atomic mass is 9.99. The lowest BCUT2D eigenvalue weighted by molar-refractivity contribution is 0.289. The van der Waals surface area contributed by atoms with Gasteiger partial charge in [0.25, 0.3) is 0 Å². The summed E-state index contributed by atoms with van der Waals surface area (Å²) in [4.78, 5) is 11.7. The number of hydrogen-bond donors (Lipinski definition) is 0. The van der Waals surface area contributed by atoms with Crippen LogP contribution in [0.5, 0.6) is 0 Å². The Labute approximate surface area is 60.2 Å². The lowest BCUT2D eigenvalue weighted by Crippen LogP contribution is -2.31. The molecule has 0 aromatic carbocycles. The van der Waals surface area contributed by atoms with Gasteiger partial charge < -0.3 is 4.90 Å². The van der Waals surface area contributed by atoms with Crippen LogP contribution in [0.4, 0.5) is 0 Å². The predicted octanol–water partition coefficient (Wildman–Crippen LogP) is 0.289. The average molecular weight is 137 g/mol. The molecule has 0 unspecified atom stereocenters. The molecule has 1 aliphatic rings. The van der Waals surface area contributed by atoms with E-state index in [1.165, 1.54) is 0 Å². The first kappa shape index (κ1) is 7.07. The molecule has 53 valence electrons. The fourth-order valence-corrected chi connectivity index (χ4v) is 1.10. The predicted molar refractivity (Wildman–Crippen MR) is 35.6 cm³/mol. The summed E-state index contributed by atoms with van der Waals surface area (Å²) in [6.45, 7) is 1.39. The summed E-state index contributed by atoms with van der Waals surface area (Å²) in [7, 11) is 0. The van der Waals surface area contributed by atoms with Crippen molar-refractivity contribution < 1.29 is 4.79 Å². The Morgan fingerprint density at radius 2 is 2.00 bits per heavy atom. The van der Waals surface area contributed by atoms with Gasteiger partial charge in [0.2, 0.25) is 0 Å². The third-order valence-corrected chi connectivity index (χ3v) is 1.81. The molecule has 1 fully saturated rings. The van der Waals surface area contributed by atoms with E-state index in [0.717, 1.165) is 12.8 Å². The van der Waals surface area contributed by atoms with Gasteiger partial charge in [-0.1, -0.05) is 0 Å². The number of amides is 1. The van der Waals surface area contributed by atoms with E-state index in [4.69, 9.17) is 5.26 Å². The molecule has 1 saturated heterocycles. The summed E-state index contributed by atoms with van der Waals surface area (Å²) in [5, 5.41) is 8.48. The van der Waals surface area contributed by atoms with Crippen LogP contribution in [0.2, 0.25) is 0 Å². The van der Waals surface area contributed by atoms with Gasteiger partial charge in [-0.15, -0.1) is 0 Å². The van der Waals surface area contributed by atoms with Crippen molar-refractivity contribution in [3.63, 3.8) is 0 Å². The smallest absolute Gasteiger partial charge is 0.312 e. The number of rotatable bonds is 1. The summed E-state index contributed by atoms with van der Waals surface area (Å²) in [5.74, 6) is 0.157. The van der Waals surface area contributed by atoms with Gasteiger partial charge in [-0.3, -0.25) is 4.79 Å². The molecule has 3 heteroatoms. The molecule has 0 saturated carbocycles. The molecule has 0 aromatic heterocycles. The third-order valence-electron chi connectivity index (χ3n) is 1.81. The SMILES string of the molecule is N#CC1CCN([C]=O)CC1. The van der Waals surface area contributed by atoms with Crippen molar-refractivity contribution in [3.05, 3.63) is 0 Å². The highest BCUT2D eigenvalue weighted by atomic mass is 16.1. The van der Waals surface area contributed by atoms with E-state index < -0.39 is 0 Å². The van der Waals surface area contributed by atoms with Crippen molar-refractivity contribution >= 4 is 6.41 Å². The summed E-state index contributed by atoms with van der Waals surface area (Å²) in [6, 6.07) is 2.19. The van der Waals surface area contributed by atoms with Crippen LogP contribution in [0.1, 0.15) is 12.8 Å². The van der Waals surface area contributed by atoms with Crippen molar-refractivity contribution in [1.82, 2.24) is 4.90 Å². The normalized spacial score (nSPS) is 20.1. The Morgan fingerprint density at radius 3 is 2.40 bits per heavy atom. The first-order chi connectivity index (χ1) is 4.86. The van der Waals surface area contributed by atoms with E-state index in [-0.39, 0.29) is 5.92 Å². The first-order valence-electron chi connectivity index (χ1n) is 3.39. The highest BCUT2D eigenvalue weighted by Crippen LogP contribution is 2.13. The Kier molecular flexibility index (Phi) is 2.27. The van der Waals surface area contributed by atoms with E-state index in [1.54, 1.807) is 4.90 Å². The molecule has 0 aliphatic carbocycles. The molecule has 3 nitrogen and oxygen atoms in total.